The maximum atomic E-state index is 13.3. The highest BCUT2D eigenvalue weighted by molar-refractivity contribution is 6.09. The quantitative estimate of drug-likeness (QED) is 0.715. The molecule has 3 aromatic rings. The van der Waals surface area contributed by atoms with Gasteiger partial charge in [-0.3, -0.25) is 9.48 Å². The van der Waals surface area contributed by atoms with Crippen molar-refractivity contribution >= 4 is 17.6 Å². The molecular weight excluding hydrogens is 349 g/mol. The molecule has 0 aliphatic heterocycles. The predicted octanol–water partition coefficient (Wildman–Crippen LogP) is 3.97. The van der Waals surface area contributed by atoms with Crippen LogP contribution < -0.4 is 5.32 Å². The summed E-state index contributed by atoms with van der Waals surface area (Å²) in [6.45, 7) is 3.91. The zero-order chi connectivity index (χ0) is 19.6. The summed E-state index contributed by atoms with van der Waals surface area (Å²) in [5.41, 5.74) is 2.05. The van der Waals surface area contributed by atoms with Crippen LogP contribution in [0.5, 0.6) is 0 Å². The molecule has 0 spiro atoms. The number of hydrogen-bond donors (Lipinski definition) is 2. The fourth-order valence-electron chi connectivity index (χ4n) is 2.81. The lowest BCUT2D eigenvalue weighted by atomic mass is 10.1. The Morgan fingerprint density at radius 1 is 1.19 bits per heavy atom. The van der Waals surface area contributed by atoms with Crippen LogP contribution in [0.25, 0.3) is 11.3 Å². The van der Waals surface area contributed by atoms with Crippen molar-refractivity contribution in [3.05, 3.63) is 71.2 Å². The third kappa shape index (κ3) is 3.72. The first-order valence-electron chi connectivity index (χ1n) is 8.38. The number of hydrogen-bond acceptors (Lipinski definition) is 3. The van der Waals surface area contributed by atoms with Gasteiger partial charge in [-0.1, -0.05) is 17.7 Å². The van der Waals surface area contributed by atoms with E-state index in [-0.39, 0.29) is 17.1 Å². The fourth-order valence-corrected chi connectivity index (χ4v) is 2.81. The SMILES string of the molecule is CCn1nc(-c2ccc(F)cc2)c(NC(=O)c2cccc(C)c2)c1C(=O)O. The number of carbonyl (C=O) groups is 2. The molecule has 0 fully saturated rings. The Kier molecular flexibility index (Phi) is 5.03. The lowest BCUT2D eigenvalue weighted by Crippen LogP contribution is -2.16. The Labute approximate surface area is 155 Å². The molecule has 1 aromatic heterocycles. The highest BCUT2D eigenvalue weighted by atomic mass is 19.1. The van der Waals surface area contributed by atoms with Gasteiger partial charge in [-0.05, 0) is 50.2 Å². The number of aromatic carboxylic acids is 1. The lowest BCUT2D eigenvalue weighted by molar-refractivity contribution is 0.0684. The van der Waals surface area contributed by atoms with Crippen molar-refractivity contribution in [3.63, 3.8) is 0 Å². The Morgan fingerprint density at radius 3 is 2.48 bits per heavy atom. The smallest absolute Gasteiger partial charge is 0.356 e. The molecule has 6 nitrogen and oxygen atoms in total. The van der Waals surface area contributed by atoms with E-state index in [1.165, 1.54) is 28.9 Å². The van der Waals surface area contributed by atoms with Crippen molar-refractivity contribution in [3.8, 4) is 11.3 Å². The van der Waals surface area contributed by atoms with E-state index in [1.54, 1.807) is 25.1 Å². The molecule has 2 aromatic carbocycles. The van der Waals surface area contributed by atoms with Crippen LogP contribution in [0, 0.1) is 12.7 Å². The highest BCUT2D eigenvalue weighted by Gasteiger charge is 2.25. The first-order valence-corrected chi connectivity index (χ1v) is 8.38. The van der Waals surface area contributed by atoms with Crippen molar-refractivity contribution in [2.75, 3.05) is 5.32 Å². The van der Waals surface area contributed by atoms with Crippen LogP contribution in [0.2, 0.25) is 0 Å². The molecule has 3 rings (SSSR count). The minimum absolute atomic E-state index is 0.0856. The van der Waals surface area contributed by atoms with Gasteiger partial charge in [0.2, 0.25) is 0 Å². The normalized spacial score (nSPS) is 10.6. The van der Waals surface area contributed by atoms with Crippen LogP contribution in [-0.4, -0.2) is 26.8 Å². The molecule has 1 amide bonds. The molecule has 0 saturated carbocycles. The van der Waals surface area contributed by atoms with E-state index in [4.69, 9.17) is 0 Å². The summed E-state index contributed by atoms with van der Waals surface area (Å²) in [6.07, 6.45) is 0. The molecule has 0 unspecified atom stereocenters. The van der Waals surface area contributed by atoms with Crippen molar-refractivity contribution in [1.29, 1.82) is 0 Å². The molecule has 0 aliphatic carbocycles. The first kappa shape index (κ1) is 18.3. The van der Waals surface area contributed by atoms with E-state index in [0.717, 1.165) is 5.56 Å². The maximum absolute atomic E-state index is 13.3. The number of aryl methyl sites for hydroxylation is 2. The average Bonchev–Trinajstić information content (AvgIpc) is 3.01. The minimum Gasteiger partial charge on any atom is -0.476 e. The van der Waals surface area contributed by atoms with Gasteiger partial charge in [0.25, 0.3) is 5.91 Å². The monoisotopic (exact) mass is 367 g/mol. The summed E-state index contributed by atoms with van der Waals surface area (Å²) in [5.74, 6) is -2.07. The Balaban J connectivity index is 2.11. The molecule has 0 saturated heterocycles. The molecule has 0 atom stereocenters. The number of amides is 1. The summed E-state index contributed by atoms with van der Waals surface area (Å²) >= 11 is 0. The number of anilines is 1. The van der Waals surface area contributed by atoms with Crippen molar-refractivity contribution in [1.82, 2.24) is 9.78 Å². The minimum atomic E-state index is -1.21. The van der Waals surface area contributed by atoms with E-state index in [0.29, 0.717) is 17.7 Å². The number of carboxylic acid groups (broad SMARTS) is 1. The van der Waals surface area contributed by atoms with Crippen LogP contribution in [0.4, 0.5) is 10.1 Å². The van der Waals surface area contributed by atoms with Crippen LogP contribution in [0.15, 0.2) is 48.5 Å². The van der Waals surface area contributed by atoms with Gasteiger partial charge in [0, 0.05) is 17.7 Å². The zero-order valence-electron chi connectivity index (χ0n) is 14.9. The Bertz CT molecular complexity index is 1010. The first-order chi connectivity index (χ1) is 12.9. The number of nitrogens with zero attached hydrogens (tertiary/aromatic N) is 2. The van der Waals surface area contributed by atoms with Gasteiger partial charge in [0.05, 0.1) is 0 Å². The second-order valence-corrected chi connectivity index (χ2v) is 6.02. The number of carbonyl (C=O) groups excluding carboxylic acids is 1. The second-order valence-electron chi connectivity index (χ2n) is 6.02. The molecule has 138 valence electrons. The van der Waals surface area contributed by atoms with Crippen LogP contribution in [-0.2, 0) is 6.54 Å². The molecule has 0 aliphatic rings. The zero-order valence-corrected chi connectivity index (χ0v) is 14.9. The fraction of sp³-hybridized carbons (Fsp3) is 0.150. The van der Waals surface area contributed by atoms with Gasteiger partial charge in [-0.2, -0.15) is 5.10 Å². The molecule has 1 heterocycles. The number of nitrogens with one attached hydrogen (secondary N) is 1. The Morgan fingerprint density at radius 2 is 1.89 bits per heavy atom. The Hall–Kier alpha value is -3.48. The topological polar surface area (TPSA) is 84.2 Å². The van der Waals surface area contributed by atoms with Gasteiger partial charge in [0.15, 0.2) is 5.69 Å². The third-order valence-corrected chi connectivity index (χ3v) is 4.09. The lowest BCUT2D eigenvalue weighted by Gasteiger charge is -2.08. The van der Waals surface area contributed by atoms with Crippen LogP contribution in [0.3, 0.4) is 0 Å². The van der Waals surface area contributed by atoms with E-state index in [9.17, 15) is 19.1 Å². The van der Waals surface area contributed by atoms with Crippen molar-refractivity contribution in [2.24, 2.45) is 0 Å². The van der Waals surface area contributed by atoms with E-state index in [2.05, 4.69) is 10.4 Å². The summed E-state index contributed by atoms with van der Waals surface area (Å²) in [5, 5.41) is 16.6. The maximum Gasteiger partial charge on any atom is 0.356 e. The van der Waals surface area contributed by atoms with Crippen LogP contribution in [0.1, 0.15) is 33.3 Å². The number of carboxylic acids is 1. The molecule has 27 heavy (non-hydrogen) atoms. The highest BCUT2D eigenvalue weighted by Crippen LogP contribution is 2.31. The summed E-state index contributed by atoms with van der Waals surface area (Å²) < 4.78 is 14.6. The largest absolute Gasteiger partial charge is 0.476 e. The number of benzene rings is 2. The van der Waals surface area contributed by atoms with Crippen molar-refractivity contribution in [2.45, 2.75) is 20.4 Å². The van der Waals surface area contributed by atoms with Gasteiger partial charge in [-0.25, -0.2) is 9.18 Å². The van der Waals surface area contributed by atoms with Gasteiger partial charge in [-0.15, -0.1) is 0 Å². The van der Waals surface area contributed by atoms with Gasteiger partial charge in [0.1, 0.15) is 17.2 Å². The van der Waals surface area contributed by atoms with Crippen molar-refractivity contribution < 1.29 is 19.1 Å². The molecule has 7 heteroatoms. The average molecular weight is 367 g/mol. The third-order valence-electron chi connectivity index (χ3n) is 4.09. The number of aromatic nitrogens is 2. The van der Waals surface area contributed by atoms with Gasteiger partial charge < -0.3 is 10.4 Å². The second kappa shape index (κ2) is 7.41. The predicted molar refractivity (Wildman–Crippen MR) is 99.4 cm³/mol. The van der Waals surface area contributed by atoms with E-state index < -0.39 is 17.7 Å². The van der Waals surface area contributed by atoms with E-state index >= 15 is 0 Å². The number of rotatable bonds is 5. The standard InChI is InChI=1S/C20H18FN3O3/c1-3-24-18(20(26)27)17(16(23-24)13-7-9-15(21)10-8-13)22-19(25)14-6-4-5-12(2)11-14/h4-11H,3H2,1-2H3,(H,22,25)(H,26,27). The summed E-state index contributed by atoms with van der Waals surface area (Å²) in [6, 6.07) is 12.5. The van der Waals surface area contributed by atoms with Gasteiger partial charge >= 0.3 is 5.97 Å². The molecule has 2 N–H and O–H groups in total. The van der Waals surface area contributed by atoms with E-state index in [1.807, 2.05) is 13.0 Å². The summed E-state index contributed by atoms with van der Waals surface area (Å²) in [4.78, 5) is 24.5. The molecule has 0 bridgehead atoms. The van der Waals surface area contributed by atoms with Crippen LogP contribution >= 0.6 is 0 Å². The molecule has 0 radical (unpaired) electrons. The molecular formula is C20H18FN3O3. The summed E-state index contributed by atoms with van der Waals surface area (Å²) in [7, 11) is 0. The number of halogens is 1.